The number of ketones is 1. The lowest BCUT2D eigenvalue weighted by Crippen LogP contribution is -2.54. The topological polar surface area (TPSA) is 29.5 Å². The molecule has 17 heavy (non-hydrogen) atoms. The number of carbonyl (C=O) groups excluding carboxylic acids is 1. The van der Waals surface area contributed by atoms with Crippen LogP contribution < -0.4 is 0 Å². The van der Waals surface area contributed by atoms with Gasteiger partial charge in [0.25, 0.3) is 0 Å². The van der Waals surface area contributed by atoms with E-state index in [2.05, 4.69) is 4.90 Å². The molecule has 0 radical (unpaired) electrons. The van der Waals surface area contributed by atoms with Crippen molar-refractivity contribution >= 4 is 5.78 Å². The highest BCUT2D eigenvalue weighted by Gasteiger charge is 2.38. The van der Waals surface area contributed by atoms with Gasteiger partial charge in [0.05, 0.1) is 6.61 Å². The number of nitrogens with zero attached hydrogens (tertiary/aromatic N) is 1. The van der Waals surface area contributed by atoms with Crippen LogP contribution in [-0.2, 0) is 9.53 Å². The van der Waals surface area contributed by atoms with Gasteiger partial charge in [-0.15, -0.1) is 0 Å². The zero-order valence-electron chi connectivity index (χ0n) is 10.6. The quantitative estimate of drug-likeness (QED) is 0.735. The van der Waals surface area contributed by atoms with E-state index < -0.39 is 0 Å². The lowest BCUT2D eigenvalue weighted by atomic mass is 9.82. The van der Waals surface area contributed by atoms with Crippen LogP contribution in [-0.4, -0.2) is 42.5 Å². The minimum Gasteiger partial charge on any atom is -0.381 e. The molecule has 3 nitrogen and oxygen atoms in total. The van der Waals surface area contributed by atoms with Gasteiger partial charge in [-0.2, -0.15) is 0 Å². The molecule has 0 aromatic heterocycles. The van der Waals surface area contributed by atoms with Crippen molar-refractivity contribution in [2.75, 3.05) is 19.8 Å². The predicted molar refractivity (Wildman–Crippen MR) is 65.9 cm³/mol. The monoisotopic (exact) mass is 237 g/mol. The molecule has 0 N–H and O–H groups in total. The number of rotatable bonds is 2. The first-order valence-electron chi connectivity index (χ1n) is 7.18. The molecule has 0 amide bonds. The second-order valence-electron chi connectivity index (χ2n) is 5.97. The fourth-order valence-electron chi connectivity index (χ4n) is 3.81. The number of carbonyl (C=O) groups is 1. The Kier molecular flexibility index (Phi) is 3.48. The highest BCUT2D eigenvalue weighted by atomic mass is 16.5. The standard InChI is InChI=1S/C14H23NO2/c16-14-7-12-4-1-5-13(8-14)15(12)9-11-3-2-6-17-10-11/h11-13H,1-10H2. The molecule has 0 aromatic rings. The third-order valence-electron chi connectivity index (χ3n) is 4.66. The average molecular weight is 237 g/mol. The third kappa shape index (κ3) is 2.55. The van der Waals surface area contributed by atoms with E-state index >= 15 is 0 Å². The van der Waals surface area contributed by atoms with Crippen molar-refractivity contribution in [3.05, 3.63) is 0 Å². The van der Waals surface area contributed by atoms with Crippen LogP contribution in [0.2, 0.25) is 0 Å². The lowest BCUT2D eigenvalue weighted by molar-refractivity contribution is -0.128. The summed E-state index contributed by atoms with van der Waals surface area (Å²) in [6.07, 6.45) is 7.93. The summed E-state index contributed by atoms with van der Waals surface area (Å²) in [6.45, 7) is 3.05. The van der Waals surface area contributed by atoms with Crippen LogP contribution in [0.15, 0.2) is 0 Å². The molecule has 0 aromatic carbocycles. The van der Waals surface area contributed by atoms with Gasteiger partial charge >= 0.3 is 0 Å². The molecular formula is C14H23NO2. The second kappa shape index (κ2) is 5.07. The lowest BCUT2D eigenvalue weighted by Gasteiger charge is -2.47. The van der Waals surface area contributed by atoms with E-state index in [9.17, 15) is 4.79 Å². The van der Waals surface area contributed by atoms with Crippen LogP contribution >= 0.6 is 0 Å². The van der Waals surface area contributed by atoms with E-state index in [1.165, 1.54) is 38.6 Å². The Morgan fingerprint density at radius 3 is 2.53 bits per heavy atom. The minimum atomic E-state index is 0.496. The molecule has 3 aliphatic rings. The summed E-state index contributed by atoms with van der Waals surface area (Å²) < 4.78 is 5.57. The Labute approximate surface area is 104 Å². The van der Waals surface area contributed by atoms with E-state index in [1.807, 2.05) is 0 Å². The molecule has 3 fully saturated rings. The van der Waals surface area contributed by atoms with Crippen molar-refractivity contribution in [1.82, 2.24) is 4.90 Å². The van der Waals surface area contributed by atoms with Gasteiger partial charge in [-0.3, -0.25) is 9.69 Å². The Hall–Kier alpha value is -0.410. The van der Waals surface area contributed by atoms with E-state index in [-0.39, 0.29) is 0 Å². The molecule has 0 spiro atoms. The second-order valence-corrected chi connectivity index (χ2v) is 5.97. The van der Waals surface area contributed by atoms with Crippen molar-refractivity contribution in [1.29, 1.82) is 0 Å². The van der Waals surface area contributed by atoms with Gasteiger partial charge in [-0.1, -0.05) is 6.42 Å². The highest BCUT2D eigenvalue weighted by molar-refractivity contribution is 5.80. The Balaban J connectivity index is 1.63. The van der Waals surface area contributed by atoms with Gasteiger partial charge in [0.15, 0.2) is 0 Å². The van der Waals surface area contributed by atoms with Crippen LogP contribution in [0.25, 0.3) is 0 Å². The molecular weight excluding hydrogens is 214 g/mol. The van der Waals surface area contributed by atoms with Crippen LogP contribution in [0.3, 0.4) is 0 Å². The number of Topliss-reactive ketones (excluding diaryl/α,β-unsaturated/α-hetero) is 1. The summed E-state index contributed by atoms with van der Waals surface area (Å²) in [5, 5.41) is 0. The van der Waals surface area contributed by atoms with Gasteiger partial charge < -0.3 is 4.74 Å². The smallest absolute Gasteiger partial charge is 0.136 e. The van der Waals surface area contributed by atoms with Gasteiger partial charge in [0.2, 0.25) is 0 Å². The molecule has 3 atom stereocenters. The summed E-state index contributed by atoms with van der Waals surface area (Å²) in [4.78, 5) is 14.3. The Bertz CT molecular complexity index is 270. The zero-order chi connectivity index (χ0) is 11.7. The molecule has 3 aliphatic heterocycles. The summed E-state index contributed by atoms with van der Waals surface area (Å²) in [7, 11) is 0. The van der Waals surface area contributed by atoms with Crippen LogP contribution in [0, 0.1) is 5.92 Å². The predicted octanol–water partition coefficient (Wildman–Crippen LogP) is 2.00. The van der Waals surface area contributed by atoms with Crippen molar-refractivity contribution in [2.45, 2.75) is 57.0 Å². The number of hydrogen-bond donors (Lipinski definition) is 0. The number of piperidine rings is 2. The van der Waals surface area contributed by atoms with Crippen molar-refractivity contribution in [3.8, 4) is 0 Å². The van der Waals surface area contributed by atoms with Crippen LogP contribution in [0.5, 0.6) is 0 Å². The average Bonchev–Trinajstić information content (AvgIpc) is 2.32. The number of hydrogen-bond acceptors (Lipinski definition) is 3. The van der Waals surface area contributed by atoms with Gasteiger partial charge in [0, 0.05) is 38.1 Å². The largest absolute Gasteiger partial charge is 0.381 e. The van der Waals surface area contributed by atoms with E-state index in [1.54, 1.807) is 0 Å². The molecule has 3 saturated heterocycles. The molecule has 2 bridgehead atoms. The molecule has 0 aliphatic carbocycles. The maximum atomic E-state index is 11.7. The van der Waals surface area contributed by atoms with Crippen LogP contribution in [0.4, 0.5) is 0 Å². The highest BCUT2D eigenvalue weighted by Crippen LogP contribution is 2.33. The van der Waals surface area contributed by atoms with Gasteiger partial charge in [-0.25, -0.2) is 0 Å². The minimum absolute atomic E-state index is 0.496. The summed E-state index contributed by atoms with van der Waals surface area (Å²) in [5.41, 5.74) is 0. The Morgan fingerprint density at radius 2 is 1.88 bits per heavy atom. The fourth-order valence-corrected chi connectivity index (χ4v) is 3.81. The summed E-state index contributed by atoms with van der Waals surface area (Å²) in [6, 6.07) is 1.11. The van der Waals surface area contributed by atoms with Crippen LogP contribution in [0.1, 0.15) is 44.9 Å². The molecule has 3 heteroatoms. The third-order valence-corrected chi connectivity index (χ3v) is 4.66. The maximum Gasteiger partial charge on any atom is 0.136 e. The maximum absolute atomic E-state index is 11.7. The summed E-state index contributed by atoms with van der Waals surface area (Å²) in [5.74, 6) is 1.20. The Morgan fingerprint density at radius 1 is 1.12 bits per heavy atom. The first-order chi connectivity index (χ1) is 8.33. The number of ether oxygens (including phenoxy) is 1. The van der Waals surface area contributed by atoms with E-state index in [0.29, 0.717) is 23.8 Å². The van der Waals surface area contributed by atoms with Crippen molar-refractivity contribution < 1.29 is 9.53 Å². The molecule has 0 saturated carbocycles. The van der Waals surface area contributed by atoms with E-state index in [0.717, 1.165) is 26.1 Å². The zero-order valence-corrected chi connectivity index (χ0v) is 10.6. The first-order valence-corrected chi connectivity index (χ1v) is 7.18. The van der Waals surface area contributed by atoms with Crippen molar-refractivity contribution in [2.24, 2.45) is 5.92 Å². The van der Waals surface area contributed by atoms with Gasteiger partial charge in [-0.05, 0) is 31.6 Å². The van der Waals surface area contributed by atoms with E-state index in [4.69, 9.17) is 4.74 Å². The fraction of sp³-hybridized carbons (Fsp3) is 0.929. The normalized spacial score (nSPS) is 39.3. The molecule has 96 valence electrons. The molecule has 3 unspecified atom stereocenters. The van der Waals surface area contributed by atoms with Crippen molar-refractivity contribution in [3.63, 3.8) is 0 Å². The number of fused-ring (bicyclic) bond motifs is 2. The SMILES string of the molecule is O=C1CC2CCCC(C1)N2CC1CCCOC1. The summed E-state index contributed by atoms with van der Waals surface area (Å²) >= 11 is 0. The molecule has 3 rings (SSSR count). The molecule has 3 heterocycles. The van der Waals surface area contributed by atoms with Gasteiger partial charge in [0.1, 0.15) is 5.78 Å². The first kappa shape index (κ1) is 11.7.